The fourth-order valence-electron chi connectivity index (χ4n) is 1.75. The second-order valence-corrected chi connectivity index (χ2v) is 4.93. The molecule has 1 aromatic rings. The van der Waals surface area contributed by atoms with Crippen LogP contribution in [0.5, 0.6) is 5.75 Å². The summed E-state index contributed by atoms with van der Waals surface area (Å²) in [5.41, 5.74) is 2.20. The molecule has 0 amide bonds. The predicted molar refractivity (Wildman–Crippen MR) is 76.6 cm³/mol. The van der Waals surface area contributed by atoms with Gasteiger partial charge in [0.15, 0.2) is 0 Å². The highest BCUT2D eigenvalue weighted by Crippen LogP contribution is 2.19. The molecule has 0 aliphatic carbocycles. The van der Waals surface area contributed by atoms with E-state index in [1.165, 1.54) is 0 Å². The Morgan fingerprint density at radius 2 is 2.05 bits per heavy atom. The highest BCUT2D eigenvalue weighted by molar-refractivity contribution is 5.35. The van der Waals surface area contributed by atoms with Crippen molar-refractivity contribution in [1.29, 1.82) is 0 Å². The summed E-state index contributed by atoms with van der Waals surface area (Å²) < 4.78 is 5.63. The first-order valence-electron chi connectivity index (χ1n) is 6.79. The highest BCUT2D eigenvalue weighted by atomic mass is 16.5. The van der Waals surface area contributed by atoms with Gasteiger partial charge in [-0.3, -0.25) is 0 Å². The Balaban J connectivity index is 2.37. The van der Waals surface area contributed by atoms with Crippen LogP contribution in [0, 0.1) is 13.8 Å². The first-order chi connectivity index (χ1) is 9.06. The van der Waals surface area contributed by atoms with Crippen molar-refractivity contribution in [3.63, 3.8) is 0 Å². The third-order valence-corrected chi connectivity index (χ3v) is 3.13. The first-order valence-corrected chi connectivity index (χ1v) is 6.79. The van der Waals surface area contributed by atoms with Gasteiger partial charge in [0.1, 0.15) is 18.5 Å². The highest BCUT2D eigenvalue weighted by Gasteiger charge is 2.10. The number of benzene rings is 1. The lowest BCUT2D eigenvalue weighted by atomic mass is 10.1. The summed E-state index contributed by atoms with van der Waals surface area (Å²) in [5, 5.41) is 22.0. The zero-order valence-corrected chi connectivity index (χ0v) is 12.0. The molecule has 4 heteroatoms. The maximum atomic E-state index is 9.84. The molecular weight excluding hydrogens is 242 g/mol. The van der Waals surface area contributed by atoms with Crippen LogP contribution in [-0.2, 0) is 0 Å². The van der Waals surface area contributed by atoms with Crippen LogP contribution in [-0.4, -0.2) is 42.1 Å². The smallest absolute Gasteiger partial charge is 0.122 e. The summed E-state index contributed by atoms with van der Waals surface area (Å²) in [6, 6.07) is 6.05. The number of ether oxygens (including phenoxy) is 1. The van der Waals surface area contributed by atoms with Gasteiger partial charge in [0, 0.05) is 12.6 Å². The van der Waals surface area contributed by atoms with E-state index in [1.807, 2.05) is 39.0 Å². The van der Waals surface area contributed by atoms with Gasteiger partial charge in [0.05, 0.1) is 6.61 Å². The molecule has 0 fully saturated rings. The molecule has 0 aliphatic heterocycles. The molecular formula is C15H25NO3. The SMILES string of the molecule is CC[C@@H](CO)NC[C@@H](O)COc1cc(C)ccc1C. The summed E-state index contributed by atoms with van der Waals surface area (Å²) in [7, 11) is 0. The van der Waals surface area contributed by atoms with Gasteiger partial charge in [-0.1, -0.05) is 19.1 Å². The molecule has 2 atom stereocenters. The molecule has 3 N–H and O–H groups in total. The minimum atomic E-state index is -0.583. The first kappa shape index (κ1) is 16.0. The molecule has 0 radical (unpaired) electrons. The van der Waals surface area contributed by atoms with Crippen molar-refractivity contribution in [3.8, 4) is 5.75 Å². The zero-order valence-electron chi connectivity index (χ0n) is 12.0. The van der Waals surface area contributed by atoms with Crippen LogP contribution < -0.4 is 10.1 Å². The molecule has 0 saturated heterocycles. The standard InChI is InChI=1S/C15H25NO3/c1-4-13(9-17)16-8-14(18)10-19-15-7-11(2)5-6-12(15)3/h5-7,13-14,16-18H,4,8-10H2,1-3H3/t13-,14+/m0/s1. The Hall–Kier alpha value is -1.10. The van der Waals surface area contributed by atoms with Crippen molar-refractivity contribution in [3.05, 3.63) is 29.3 Å². The Labute approximate surface area is 115 Å². The van der Waals surface area contributed by atoms with Gasteiger partial charge in [-0.15, -0.1) is 0 Å². The van der Waals surface area contributed by atoms with Crippen molar-refractivity contribution in [1.82, 2.24) is 5.32 Å². The Kier molecular flexibility index (Phi) is 6.84. The van der Waals surface area contributed by atoms with Crippen LogP contribution in [0.3, 0.4) is 0 Å². The topological polar surface area (TPSA) is 61.7 Å². The normalized spacial score (nSPS) is 14.2. The van der Waals surface area contributed by atoms with Crippen molar-refractivity contribution in [2.45, 2.75) is 39.3 Å². The van der Waals surface area contributed by atoms with E-state index in [-0.39, 0.29) is 19.3 Å². The Bertz CT molecular complexity index is 378. The second kappa shape index (κ2) is 8.15. The molecule has 1 rings (SSSR count). The molecule has 0 aliphatic rings. The number of aliphatic hydroxyl groups is 2. The molecule has 19 heavy (non-hydrogen) atoms. The fourth-order valence-corrected chi connectivity index (χ4v) is 1.75. The van der Waals surface area contributed by atoms with Crippen LogP contribution in [0.25, 0.3) is 0 Å². The molecule has 0 saturated carbocycles. The summed E-state index contributed by atoms with van der Waals surface area (Å²) >= 11 is 0. The van der Waals surface area contributed by atoms with E-state index in [0.717, 1.165) is 23.3 Å². The largest absolute Gasteiger partial charge is 0.491 e. The van der Waals surface area contributed by atoms with Crippen LogP contribution in [0.1, 0.15) is 24.5 Å². The van der Waals surface area contributed by atoms with Gasteiger partial charge in [0.2, 0.25) is 0 Å². The minimum absolute atomic E-state index is 0.0374. The average Bonchev–Trinajstić information content (AvgIpc) is 2.41. The van der Waals surface area contributed by atoms with E-state index in [9.17, 15) is 5.11 Å². The van der Waals surface area contributed by atoms with E-state index in [0.29, 0.717) is 6.54 Å². The number of hydrogen-bond donors (Lipinski definition) is 3. The molecule has 0 spiro atoms. The summed E-state index contributed by atoms with van der Waals surface area (Å²) in [4.78, 5) is 0. The van der Waals surface area contributed by atoms with Gasteiger partial charge in [0.25, 0.3) is 0 Å². The van der Waals surface area contributed by atoms with Crippen LogP contribution in [0.2, 0.25) is 0 Å². The number of nitrogens with one attached hydrogen (secondary N) is 1. The lowest BCUT2D eigenvalue weighted by Gasteiger charge is -2.18. The van der Waals surface area contributed by atoms with Gasteiger partial charge < -0.3 is 20.3 Å². The molecule has 1 aromatic carbocycles. The summed E-state index contributed by atoms with van der Waals surface area (Å²) in [6.07, 6.45) is 0.252. The molecule has 0 heterocycles. The van der Waals surface area contributed by atoms with Crippen molar-refractivity contribution >= 4 is 0 Å². The van der Waals surface area contributed by atoms with Crippen molar-refractivity contribution in [2.75, 3.05) is 19.8 Å². The molecule has 0 bridgehead atoms. The van der Waals surface area contributed by atoms with E-state index >= 15 is 0 Å². The number of aliphatic hydroxyl groups excluding tert-OH is 2. The van der Waals surface area contributed by atoms with Gasteiger partial charge in [-0.25, -0.2) is 0 Å². The summed E-state index contributed by atoms with van der Waals surface area (Å²) in [6.45, 7) is 6.74. The predicted octanol–water partition coefficient (Wildman–Crippen LogP) is 1.40. The fraction of sp³-hybridized carbons (Fsp3) is 0.600. The van der Waals surface area contributed by atoms with E-state index in [1.54, 1.807) is 0 Å². The van der Waals surface area contributed by atoms with E-state index in [2.05, 4.69) is 5.32 Å². The lowest BCUT2D eigenvalue weighted by molar-refractivity contribution is 0.0991. The van der Waals surface area contributed by atoms with Gasteiger partial charge >= 0.3 is 0 Å². The molecule has 4 nitrogen and oxygen atoms in total. The second-order valence-electron chi connectivity index (χ2n) is 4.93. The van der Waals surface area contributed by atoms with Crippen molar-refractivity contribution in [2.24, 2.45) is 0 Å². The lowest BCUT2D eigenvalue weighted by Crippen LogP contribution is -2.39. The number of rotatable bonds is 8. The van der Waals surface area contributed by atoms with Crippen molar-refractivity contribution < 1.29 is 14.9 Å². The maximum absolute atomic E-state index is 9.84. The monoisotopic (exact) mass is 267 g/mol. The maximum Gasteiger partial charge on any atom is 0.122 e. The quantitative estimate of drug-likeness (QED) is 0.666. The zero-order chi connectivity index (χ0) is 14.3. The van der Waals surface area contributed by atoms with Crippen LogP contribution >= 0.6 is 0 Å². The Morgan fingerprint density at radius 3 is 2.68 bits per heavy atom. The molecule has 0 unspecified atom stereocenters. The molecule has 108 valence electrons. The van der Waals surface area contributed by atoms with E-state index < -0.39 is 6.10 Å². The van der Waals surface area contributed by atoms with E-state index in [4.69, 9.17) is 9.84 Å². The number of hydrogen-bond acceptors (Lipinski definition) is 4. The minimum Gasteiger partial charge on any atom is -0.491 e. The van der Waals surface area contributed by atoms with Crippen LogP contribution in [0.4, 0.5) is 0 Å². The molecule has 0 aromatic heterocycles. The van der Waals surface area contributed by atoms with Gasteiger partial charge in [-0.2, -0.15) is 0 Å². The average molecular weight is 267 g/mol. The number of aryl methyl sites for hydroxylation is 2. The summed E-state index contributed by atoms with van der Waals surface area (Å²) in [5.74, 6) is 0.813. The van der Waals surface area contributed by atoms with Gasteiger partial charge in [-0.05, 0) is 37.5 Å². The third-order valence-electron chi connectivity index (χ3n) is 3.13. The third kappa shape index (κ3) is 5.59. The van der Waals surface area contributed by atoms with Crippen LogP contribution in [0.15, 0.2) is 18.2 Å². The Morgan fingerprint density at radius 1 is 1.32 bits per heavy atom.